The molecule has 0 unspecified atom stereocenters. The Labute approximate surface area is 198 Å². The van der Waals surface area contributed by atoms with Gasteiger partial charge in [-0.2, -0.15) is 4.37 Å². The van der Waals surface area contributed by atoms with Gasteiger partial charge >= 0.3 is 12.0 Å². The lowest BCUT2D eigenvalue weighted by Gasteiger charge is -2.18. The molecule has 0 bridgehead atoms. The zero-order valence-corrected chi connectivity index (χ0v) is 19.6. The fourth-order valence-electron chi connectivity index (χ4n) is 3.05. The molecule has 0 radical (unpaired) electrons. The van der Waals surface area contributed by atoms with Crippen LogP contribution < -0.4 is 15.4 Å². The number of rotatable bonds is 13. The third-order valence-corrected chi connectivity index (χ3v) is 5.69. The monoisotopic (exact) mass is 504 g/mol. The van der Waals surface area contributed by atoms with E-state index in [-0.39, 0.29) is 17.2 Å². The molecule has 2 rings (SSSR count). The summed E-state index contributed by atoms with van der Waals surface area (Å²) in [5.41, 5.74) is -1.42. The normalized spacial score (nSPS) is 11.0. The number of aromatic carboxylic acids is 1. The van der Waals surface area contributed by atoms with Crippen LogP contribution in [0.3, 0.4) is 0 Å². The molecule has 0 spiro atoms. The third kappa shape index (κ3) is 7.30. The van der Waals surface area contributed by atoms with E-state index in [0.29, 0.717) is 31.0 Å². The predicted octanol–water partition coefficient (Wildman–Crippen LogP) is 3.36. The molecule has 2 amide bonds. The lowest BCUT2D eigenvalue weighted by atomic mass is 10.1. The van der Waals surface area contributed by atoms with Crippen LogP contribution in [-0.4, -0.2) is 64.3 Å². The Balaban J connectivity index is 1.94. The zero-order valence-electron chi connectivity index (χ0n) is 18.8. The number of nitrogens with one attached hydrogen (secondary N) is 2. The molecule has 1 aromatic heterocycles. The third-order valence-electron chi connectivity index (χ3n) is 4.94. The number of nitrogens with zero attached hydrogens (tertiary/aromatic N) is 2. The highest BCUT2D eigenvalue weighted by Gasteiger charge is 2.25. The predicted molar refractivity (Wildman–Crippen MR) is 120 cm³/mol. The first-order chi connectivity index (χ1) is 16.2. The molecular weight excluding hydrogens is 477 g/mol. The van der Waals surface area contributed by atoms with Crippen molar-refractivity contribution in [1.29, 1.82) is 0 Å². The number of aromatic nitrogens is 1. The first kappa shape index (κ1) is 27.3. The summed E-state index contributed by atoms with van der Waals surface area (Å²) in [4.78, 5) is 25.9. The molecule has 0 saturated carbocycles. The summed E-state index contributed by atoms with van der Waals surface area (Å²) in [6.07, 6.45) is 1.46. The summed E-state index contributed by atoms with van der Waals surface area (Å²) in [5, 5.41) is 23.3. The highest BCUT2D eigenvalue weighted by atomic mass is 32.1. The summed E-state index contributed by atoms with van der Waals surface area (Å²) in [6.45, 7) is 4.96. The summed E-state index contributed by atoms with van der Waals surface area (Å²) < 4.78 is 50.7. The molecular formula is C21H27F3N4O5S. The Morgan fingerprint density at radius 2 is 1.94 bits per heavy atom. The van der Waals surface area contributed by atoms with Crippen molar-refractivity contribution < 1.29 is 37.7 Å². The van der Waals surface area contributed by atoms with E-state index < -0.39 is 53.1 Å². The number of aliphatic hydroxyl groups excluding tert-OH is 1. The Morgan fingerprint density at radius 1 is 1.21 bits per heavy atom. The van der Waals surface area contributed by atoms with Crippen LogP contribution in [0.15, 0.2) is 6.07 Å². The van der Waals surface area contributed by atoms with Gasteiger partial charge in [-0.1, -0.05) is 6.92 Å². The van der Waals surface area contributed by atoms with Gasteiger partial charge in [0.25, 0.3) is 0 Å². The average molecular weight is 505 g/mol. The van der Waals surface area contributed by atoms with Crippen molar-refractivity contribution in [1.82, 2.24) is 14.6 Å². The summed E-state index contributed by atoms with van der Waals surface area (Å²) in [7, 11) is 0. The lowest BCUT2D eigenvalue weighted by molar-refractivity contribution is 0.0693. The van der Waals surface area contributed by atoms with Crippen LogP contribution in [0.5, 0.6) is 5.88 Å². The van der Waals surface area contributed by atoms with Crippen molar-refractivity contribution in [3.05, 3.63) is 40.2 Å². The number of hydrogen-bond donors (Lipinski definition) is 4. The van der Waals surface area contributed by atoms with Gasteiger partial charge in [-0.15, -0.1) is 0 Å². The number of hydrogen-bond acceptors (Lipinski definition) is 7. The number of carboxylic acids is 1. The highest BCUT2D eigenvalue weighted by Crippen LogP contribution is 2.31. The first-order valence-electron chi connectivity index (χ1n) is 10.6. The minimum Gasteiger partial charge on any atom is -0.477 e. The van der Waals surface area contributed by atoms with Gasteiger partial charge in [0.05, 0.1) is 12.2 Å². The molecule has 13 heteroatoms. The standard InChI is InChI=1S/C21H27F3N4O5S/c1-3-28(8-9-29)7-5-4-6-25-21(32)26-19-15(20(30)31)18(27-34-19)33-11-13-14(22)10-12(2)16(23)17(13)24/h10,29H,3-9,11H2,1-2H3,(H,30,31)(H2,25,26,32). The number of halogens is 3. The van der Waals surface area contributed by atoms with Crippen LogP contribution in [0.2, 0.25) is 0 Å². The van der Waals surface area contributed by atoms with Gasteiger partial charge in [-0.25, -0.2) is 22.8 Å². The number of aryl methyl sites for hydroxylation is 1. The number of carboxylic acid groups (broad SMARTS) is 1. The molecule has 1 aromatic carbocycles. The van der Waals surface area contributed by atoms with E-state index in [2.05, 4.69) is 19.9 Å². The van der Waals surface area contributed by atoms with Crippen molar-refractivity contribution in [2.24, 2.45) is 0 Å². The molecule has 0 saturated heterocycles. The van der Waals surface area contributed by atoms with Crippen molar-refractivity contribution in [3.8, 4) is 5.88 Å². The van der Waals surface area contributed by atoms with Gasteiger partial charge in [-0.3, -0.25) is 5.32 Å². The maximum absolute atomic E-state index is 14.0. The Morgan fingerprint density at radius 3 is 2.59 bits per heavy atom. The number of ether oxygens (including phenoxy) is 1. The Hall–Kier alpha value is -2.90. The number of unbranched alkanes of at least 4 members (excludes halogenated alkanes) is 1. The lowest BCUT2D eigenvalue weighted by Crippen LogP contribution is -2.31. The second kappa shape index (κ2) is 13.1. The number of aliphatic hydroxyl groups is 1. The van der Waals surface area contributed by atoms with E-state index in [1.54, 1.807) is 0 Å². The second-order valence-corrected chi connectivity index (χ2v) is 8.09. The van der Waals surface area contributed by atoms with E-state index >= 15 is 0 Å². The van der Waals surface area contributed by atoms with Crippen molar-refractivity contribution in [2.75, 3.05) is 38.1 Å². The largest absolute Gasteiger partial charge is 0.477 e. The molecule has 188 valence electrons. The number of benzene rings is 1. The summed E-state index contributed by atoms with van der Waals surface area (Å²) >= 11 is 0.618. The van der Waals surface area contributed by atoms with Gasteiger partial charge in [0, 0.05) is 13.1 Å². The van der Waals surface area contributed by atoms with Crippen LogP contribution in [0.4, 0.5) is 23.0 Å². The van der Waals surface area contributed by atoms with Gasteiger partial charge in [0.15, 0.2) is 17.2 Å². The number of carbonyl (C=O) groups excluding carboxylic acids is 1. The fraction of sp³-hybridized carbons (Fsp3) is 0.476. The van der Waals surface area contributed by atoms with E-state index in [1.165, 1.54) is 6.92 Å². The van der Waals surface area contributed by atoms with E-state index in [9.17, 15) is 27.9 Å². The van der Waals surface area contributed by atoms with Gasteiger partial charge in [0.1, 0.15) is 17.4 Å². The van der Waals surface area contributed by atoms with Crippen LogP contribution in [0.25, 0.3) is 0 Å². The molecule has 0 atom stereocenters. The number of urea groups is 1. The minimum atomic E-state index is -1.47. The van der Waals surface area contributed by atoms with Gasteiger partial charge < -0.3 is 25.2 Å². The molecule has 2 aromatic rings. The van der Waals surface area contributed by atoms with Crippen LogP contribution >= 0.6 is 11.5 Å². The smallest absolute Gasteiger partial charge is 0.344 e. The number of carbonyl (C=O) groups is 2. The van der Waals surface area contributed by atoms with Crippen LogP contribution in [0.1, 0.15) is 41.3 Å². The first-order valence-corrected chi connectivity index (χ1v) is 11.3. The molecule has 4 N–H and O–H groups in total. The van der Waals surface area contributed by atoms with Gasteiger partial charge in [-0.05, 0) is 56.0 Å². The molecule has 0 aliphatic carbocycles. The molecule has 0 aliphatic heterocycles. The van der Waals surface area contributed by atoms with Crippen LogP contribution in [0, 0.1) is 24.4 Å². The molecule has 0 aliphatic rings. The number of amides is 2. The molecule has 9 nitrogen and oxygen atoms in total. The SMILES string of the molecule is CCN(CCO)CCCCNC(=O)Nc1snc(OCc2c(F)cc(C)c(F)c2F)c1C(=O)O. The Kier molecular flexibility index (Phi) is 10.5. The van der Waals surface area contributed by atoms with Crippen molar-refractivity contribution >= 4 is 28.5 Å². The fourth-order valence-corrected chi connectivity index (χ4v) is 3.77. The van der Waals surface area contributed by atoms with Crippen LogP contribution in [-0.2, 0) is 6.61 Å². The molecule has 1 heterocycles. The minimum absolute atomic E-state index is 0.0761. The topological polar surface area (TPSA) is 124 Å². The zero-order chi connectivity index (χ0) is 25.3. The van der Waals surface area contributed by atoms with Crippen molar-refractivity contribution in [3.63, 3.8) is 0 Å². The average Bonchev–Trinajstić information content (AvgIpc) is 3.18. The summed E-state index contributed by atoms with van der Waals surface area (Å²) in [5.74, 6) is -5.64. The quantitative estimate of drug-likeness (QED) is 0.244. The van der Waals surface area contributed by atoms with E-state index in [4.69, 9.17) is 9.84 Å². The Bertz CT molecular complexity index is 1010. The van der Waals surface area contributed by atoms with Crippen molar-refractivity contribution in [2.45, 2.75) is 33.3 Å². The maximum atomic E-state index is 14.0. The van der Waals surface area contributed by atoms with E-state index in [1.807, 2.05) is 6.92 Å². The highest BCUT2D eigenvalue weighted by molar-refractivity contribution is 7.11. The summed E-state index contributed by atoms with van der Waals surface area (Å²) in [6, 6.07) is 0.151. The second-order valence-electron chi connectivity index (χ2n) is 7.31. The molecule has 0 fully saturated rings. The number of likely N-dealkylation sites (N-methyl/N-ethyl adjacent to an activating group) is 1. The maximum Gasteiger partial charge on any atom is 0.344 e. The van der Waals surface area contributed by atoms with Gasteiger partial charge in [0.2, 0.25) is 5.88 Å². The number of anilines is 1. The van der Waals surface area contributed by atoms with E-state index in [0.717, 1.165) is 25.6 Å². The molecule has 34 heavy (non-hydrogen) atoms.